The maximum Gasteiger partial charge on any atom is 0.241 e. The van der Waals surface area contributed by atoms with Crippen molar-refractivity contribution in [2.45, 2.75) is 52.9 Å². The smallest absolute Gasteiger partial charge is 0.241 e. The Labute approximate surface area is 129 Å². The number of anilines is 1. The molecular formula is C16H28N2O2S. The van der Waals surface area contributed by atoms with Crippen LogP contribution < -0.4 is 10.0 Å². The predicted octanol–water partition coefficient (Wildman–Crippen LogP) is 3.45. The number of aryl methyl sites for hydroxylation is 2. The van der Waals surface area contributed by atoms with Gasteiger partial charge in [-0.05, 0) is 55.9 Å². The molecule has 0 saturated carbocycles. The molecule has 1 aromatic rings. The van der Waals surface area contributed by atoms with Crippen molar-refractivity contribution >= 4 is 15.7 Å². The lowest BCUT2D eigenvalue weighted by molar-refractivity contribution is 0.350. The topological polar surface area (TPSA) is 58.2 Å². The molecule has 2 N–H and O–H groups in total. The van der Waals surface area contributed by atoms with E-state index in [4.69, 9.17) is 0 Å². The Morgan fingerprint density at radius 1 is 1.10 bits per heavy atom. The molecule has 0 atom stereocenters. The summed E-state index contributed by atoms with van der Waals surface area (Å²) in [6.45, 7) is 13.1. The van der Waals surface area contributed by atoms with Crippen LogP contribution in [0.3, 0.4) is 0 Å². The zero-order valence-electron chi connectivity index (χ0n) is 14.0. The number of hydrogen-bond donors (Lipinski definition) is 2. The minimum absolute atomic E-state index is 0.0431. The number of hydrogen-bond acceptors (Lipinski definition) is 3. The van der Waals surface area contributed by atoms with E-state index in [0.29, 0.717) is 11.4 Å². The van der Waals surface area contributed by atoms with Crippen LogP contribution in [0, 0.1) is 19.3 Å². The van der Waals surface area contributed by atoms with Gasteiger partial charge in [0, 0.05) is 18.8 Å². The van der Waals surface area contributed by atoms with Crippen molar-refractivity contribution in [3.8, 4) is 0 Å². The highest BCUT2D eigenvalue weighted by atomic mass is 32.2. The minimum Gasteiger partial charge on any atom is -0.385 e. The van der Waals surface area contributed by atoms with E-state index in [1.165, 1.54) is 0 Å². The van der Waals surface area contributed by atoms with E-state index in [-0.39, 0.29) is 5.41 Å². The average Bonchev–Trinajstić information content (AvgIpc) is 2.36. The highest BCUT2D eigenvalue weighted by Crippen LogP contribution is 2.25. The summed E-state index contributed by atoms with van der Waals surface area (Å²) in [6, 6.07) is 3.77. The maximum atomic E-state index is 12.6. The third-order valence-electron chi connectivity index (χ3n) is 3.81. The van der Waals surface area contributed by atoms with Gasteiger partial charge in [-0.15, -0.1) is 0 Å². The predicted molar refractivity (Wildman–Crippen MR) is 89.3 cm³/mol. The van der Waals surface area contributed by atoms with Gasteiger partial charge in [-0.1, -0.05) is 20.8 Å². The first-order valence-corrected chi connectivity index (χ1v) is 8.96. The molecule has 0 bridgehead atoms. The quantitative estimate of drug-likeness (QED) is 0.811. The Bertz CT molecular complexity index is 569. The maximum absolute atomic E-state index is 12.6. The van der Waals surface area contributed by atoms with Gasteiger partial charge >= 0.3 is 0 Å². The molecule has 4 nitrogen and oxygen atoms in total. The standard InChI is InChI=1S/C16H28N2O2S/c1-7-16(5,6)11-18-21(19,20)15-12(3)9-14(17-8-2)10-13(15)4/h9-10,17-18H,7-8,11H2,1-6H3. The Morgan fingerprint density at radius 2 is 1.62 bits per heavy atom. The molecule has 0 aliphatic carbocycles. The molecule has 0 aliphatic heterocycles. The van der Waals surface area contributed by atoms with Gasteiger partial charge in [-0.2, -0.15) is 0 Å². The summed E-state index contributed by atoms with van der Waals surface area (Å²) < 4.78 is 27.9. The van der Waals surface area contributed by atoms with Crippen molar-refractivity contribution in [1.29, 1.82) is 0 Å². The third-order valence-corrected chi connectivity index (χ3v) is 5.51. The zero-order chi connectivity index (χ0) is 16.3. The van der Waals surface area contributed by atoms with Gasteiger partial charge in [0.25, 0.3) is 0 Å². The van der Waals surface area contributed by atoms with Crippen LogP contribution in [0.4, 0.5) is 5.69 Å². The van der Waals surface area contributed by atoms with Crippen LogP contribution in [-0.4, -0.2) is 21.5 Å². The zero-order valence-corrected chi connectivity index (χ0v) is 14.8. The number of nitrogens with one attached hydrogen (secondary N) is 2. The summed E-state index contributed by atoms with van der Waals surface area (Å²) in [6.07, 6.45) is 0.923. The Balaban J connectivity index is 3.09. The molecule has 5 heteroatoms. The first-order valence-electron chi connectivity index (χ1n) is 7.47. The Kier molecular flexibility index (Phi) is 5.82. The number of sulfonamides is 1. The van der Waals surface area contributed by atoms with Gasteiger partial charge in [0.2, 0.25) is 10.0 Å². The fourth-order valence-electron chi connectivity index (χ4n) is 2.17. The largest absolute Gasteiger partial charge is 0.385 e. The summed E-state index contributed by atoms with van der Waals surface area (Å²) in [5.74, 6) is 0. The lowest BCUT2D eigenvalue weighted by atomic mass is 9.91. The van der Waals surface area contributed by atoms with Gasteiger partial charge in [-0.25, -0.2) is 13.1 Å². The van der Waals surface area contributed by atoms with Gasteiger partial charge in [0.15, 0.2) is 0 Å². The first-order chi connectivity index (χ1) is 9.63. The summed E-state index contributed by atoms with van der Waals surface area (Å²) >= 11 is 0. The monoisotopic (exact) mass is 312 g/mol. The molecule has 0 heterocycles. The van der Waals surface area contributed by atoms with E-state index in [0.717, 1.165) is 29.8 Å². The van der Waals surface area contributed by atoms with E-state index in [2.05, 4.69) is 30.8 Å². The molecule has 0 amide bonds. The molecule has 0 radical (unpaired) electrons. The summed E-state index contributed by atoms with van der Waals surface area (Å²) in [5, 5.41) is 3.22. The summed E-state index contributed by atoms with van der Waals surface area (Å²) in [5.41, 5.74) is 2.46. The molecule has 0 unspecified atom stereocenters. The second-order valence-corrected chi connectivity index (χ2v) is 8.02. The lowest BCUT2D eigenvalue weighted by Gasteiger charge is -2.23. The summed E-state index contributed by atoms with van der Waals surface area (Å²) in [7, 11) is -3.47. The molecule has 21 heavy (non-hydrogen) atoms. The molecule has 0 aliphatic rings. The van der Waals surface area contributed by atoms with Gasteiger partial charge in [0.05, 0.1) is 4.90 Å². The molecule has 1 aromatic carbocycles. The average molecular weight is 312 g/mol. The molecule has 0 aromatic heterocycles. The van der Waals surface area contributed by atoms with Crippen molar-refractivity contribution in [2.24, 2.45) is 5.41 Å². The van der Waals surface area contributed by atoms with E-state index >= 15 is 0 Å². The van der Waals surface area contributed by atoms with Crippen molar-refractivity contribution in [3.05, 3.63) is 23.3 Å². The van der Waals surface area contributed by atoms with Crippen molar-refractivity contribution in [2.75, 3.05) is 18.4 Å². The van der Waals surface area contributed by atoms with E-state index in [1.807, 2.05) is 32.9 Å². The molecule has 120 valence electrons. The van der Waals surface area contributed by atoms with Crippen LogP contribution in [-0.2, 0) is 10.0 Å². The van der Waals surface area contributed by atoms with Crippen LogP contribution >= 0.6 is 0 Å². The molecular weight excluding hydrogens is 284 g/mol. The fourth-order valence-corrected chi connectivity index (χ4v) is 3.86. The number of rotatable bonds is 7. The Morgan fingerprint density at radius 3 is 2.05 bits per heavy atom. The first kappa shape index (κ1) is 18.0. The normalized spacial score (nSPS) is 12.5. The van der Waals surface area contributed by atoms with Crippen molar-refractivity contribution < 1.29 is 8.42 Å². The van der Waals surface area contributed by atoms with E-state index in [1.54, 1.807) is 0 Å². The van der Waals surface area contributed by atoms with Crippen molar-refractivity contribution in [1.82, 2.24) is 4.72 Å². The van der Waals surface area contributed by atoms with Crippen LogP contribution in [0.2, 0.25) is 0 Å². The second kappa shape index (κ2) is 6.79. The van der Waals surface area contributed by atoms with Crippen molar-refractivity contribution in [3.63, 3.8) is 0 Å². The number of benzene rings is 1. The minimum atomic E-state index is -3.47. The Hall–Kier alpha value is -1.07. The van der Waals surface area contributed by atoms with Crippen LogP contribution in [0.25, 0.3) is 0 Å². The SMILES string of the molecule is CCNc1cc(C)c(S(=O)(=O)NCC(C)(C)CC)c(C)c1. The van der Waals surface area contributed by atoms with E-state index < -0.39 is 10.0 Å². The highest BCUT2D eigenvalue weighted by molar-refractivity contribution is 7.89. The van der Waals surface area contributed by atoms with Gasteiger partial charge in [-0.3, -0.25) is 0 Å². The summed E-state index contributed by atoms with van der Waals surface area (Å²) in [4.78, 5) is 0.399. The van der Waals surface area contributed by atoms with Crippen LogP contribution in [0.5, 0.6) is 0 Å². The van der Waals surface area contributed by atoms with Crippen LogP contribution in [0.15, 0.2) is 17.0 Å². The molecule has 0 saturated heterocycles. The molecule has 1 rings (SSSR count). The highest BCUT2D eigenvalue weighted by Gasteiger charge is 2.23. The van der Waals surface area contributed by atoms with Gasteiger partial charge < -0.3 is 5.32 Å². The lowest BCUT2D eigenvalue weighted by Crippen LogP contribution is -2.34. The van der Waals surface area contributed by atoms with Crippen LogP contribution in [0.1, 0.15) is 45.2 Å². The molecule has 0 fully saturated rings. The fraction of sp³-hybridized carbons (Fsp3) is 0.625. The third kappa shape index (κ3) is 4.71. The second-order valence-electron chi connectivity index (χ2n) is 6.31. The molecule has 0 spiro atoms. The van der Waals surface area contributed by atoms with Gasteiger partial charge in [0.1, 0.15) is 0 Å². The van der Waals surface area contributed by atoms with E-state index in [9.17, 15) is 8.42 Å².